The average Bonchev–Trinajstić information content (AvgIpc) is 2.73. The summed E-state index contributed by atoms with van der Waals surface area (Å²) in [6.45, 7) is 1.43. The van der Waals surface area contributed by atoms with Crippen LogP contribution in [0.3, 0.4) is 0 Å². The summed E-state index contributed by atoms with van der Waals surface area (Å²) >= 11 is 0. The van der Waals surface area contributed by atoms with Gasteiger partial charge in [0.1, 0.15) is 0 Å². The number of nitrogens with one attached hydrogen (secondary N) is 1. The fourth-order valence-electron chi connectivity index (χ4n) is 3.54. The first-order valence-corrected chi connectivity index (χ1v) is 11.4. The molecule has 7 heteroatoms. The molecule has 0 bridgehead atoms. The van der Waals surface area contributed by atoms with Crippen LogP contribution in [0.25, 0.3) is 0 Å². The van der Waals surface area contributed by atoms with Crippen LogP contribution in [-0.4, -0.2) is 45.8 Å². The maximum Gasteiger partial charge on any atom is 0.243 e. The minimum atomic E-state index is -3.44. The Bertz CT molecular complexity index is 904. The van der Waals surface area contributed by atoms with Gasteiger partial charge in [0.25, 0.3) is 0 Å². The van der Waals surface area contributed by atoms with E-state index in [1.165, 1.54) is 4.31 Å². The Morgan fingerprint density at radius 2 is 1.66 bits per heavy atom. The van der Waals surface area contributed by atoms with Gasteiger partial charge in [-0.1, -0.05) is 30.3 Å². The van der Waals surface area contributed by atoms with E-state index in [-0.39, 0.29) is 11.8 Å². The molecule has 0 aromatic heterocycles. The third-order valence-electron chi connectivity index (χ3n) is 5.37. The molecule has 0 saturated carbocycles. The van der Waals surface area contributed by atoms with Crippen LogP contribution in [0.15, 0.2) is 59.5 Å². The first kappa shape index (κ1) is 21.3. The molecule has 6 nitrogen and oxygen atoms in total. The van der Waals surface area contributed by atoms with Gasteiger partial charge in [-0.3, -0.25) is 4.79 Å². The second-order valence-electron chi connectivity index (χ2n) is 7.70. The van der Waals surface area contributed by atoms with Crippen molar-refractivity contribution in [2.75, 3.05) is 32.1 Å². The molecule has 1 aliphatic rings. The van der Waals surface area contributed by atoms with E-state index in [9.17, 15) is 13.2 Å². The molecule has 0 unspecified atom stereocenters. The number of piperidine rings is 1. The molecule has 2 aromatic carbocycles. The molecule has 0 spiro atoms. The van der Waals surface area contributed by atoms with Crippen molar-refractivity contribution >= 4 is 21.6 Å². The fraction of sp³-hybridized carbons (Fsp3) is 0.409. The van der Waals surface area contributed by atoms with Crippen molar-refractivity contribution in [1.82, 2.24) is 9.62 Å². The minimum absolute atomic E-state index is 0.0195. The van der Waals surface area contributed by atoms with E-state index in [1.807, 2.05) is 43.3 Å². The van der Waals surface area contributed by atoms with Crippen LogP contribution in [0.2, 0.25) is 0 Å². The zero-order valence-electron chi connectivity index (χ0n) is 17.0. The summed E-state index contributed by atoms with van der Waals surface area (Å²) < 4.78 is 26.9. The predicted molar refractivity (Wildman–Crippen MR) is 115 cm³/mol. The molecule has 0 aliphatic carbocycles. The van der Waals surface area contributed by atoms with Crippen LogP contribution in [0.1, 0.15) is 24.8 Å². The van der Waals surface area contributed by atoms with Crippen LogP contribution in [-0.2, 0) is 21.4 Å². The molecule has 1 heterocycles. The monoisotopic (exact) mass is 415 g/mol. The van der Waals surface area contributed by atoms with Gasteiger partial charge in [0.05, 0.1) is 4.90 Å². The van der Waals surface area contributed by atoms with Crippen LogP contribution < -0.4 is 10.2 Å². The highest BCUT2D eigenvalue weighted by Gasteiger charge is 2.29. The highest BCUT2D eigenvalue weighted by atomic mass is 32.2. The Labute approximate surface area is 173 Å². The van der Waals surface area contributed by atoms with Gasteiger partial charge < -0.3 is 10.2 Å². The molecule has 3 rings (SSSR count). The molecule has 29 heavy (non-hydrogen) atoms. The Morgan fingerprint density at radius 3 is 2.24 bits per heavy atom. The third kappa shape index (κ3) is 5.58. The van der Waals surface area contributed by atoms with E-state index in [1.54, 1.807) is 30.3 Å². The topological polar surface area (TPSA) is 69.7 Å². The quantitative estimate of drug-likeness (QED) is 0.755. The van der Waals surface area contributed by atoms with Gasteiger partial charge in [-0.05, 0) is 48.6 Å². The van der Waals surface area contributed by atoms with Gasteiger partial charge >= 0.3 is 0 Å². The van der Waals surface area contributed by atoms with Gasteiger partial charge in [0, 0.05) is 45.8 Å². The van der Waals surface area contributed by atoms with Crippen LogP contribution >= 0.6 is 0 Å². The highest BCUT2D eigenvalue weighted by Crippen LogP contribution is 2.25. The summed E-state index contributed by atoms with van der Waals surface area (Å²) in [5.41, 5.74) is 2.19. The Hall–Kier alpha value is -2.38. The number of hydrogen-bond acceptors (Lipinski definition) is 4. The van der Waals surface area contributed by atoms with E-state index in [4.69, 9.17) is 0 Å². The summed E-state index contributed by atoms with van der Waals surface area (Å²) in [6, 6.07) is 16.6. The number of sulfonamides is 1. The van der Waals surface area contributed by atoms with Gasteiger partial charge in [-0.2, -0.15) is 4.31 Å². The largest absolute Gasteiger partial charge is 0.378 e. The molecule has 1 saturated heterocycles. The van der Waals surface area contributed by atoms with E-state index in [0.717, 1.165) is 11.3 Å². The highest BCUT2D eigenvalue weighted by molar-refractivity contribution is 7.89. The summed E-state index contributed by atoms with van der Waals surface area (Å²) in [5, 5.41) is 2.98. The lowest BCUT2D eigenvalue weighted by molar-refractivity contribution is -0.122. The number of benzene rings is 2. The minimum Gasteiger partial charge on any atom is -0.378 e. The Kier molecular flexibility index (Phi) is 6.92. The summed E-state index contributed by atoms with van der Waals surface area (Å²) in [5.74, 6) is 0.236. The predicted octanol–water partition coefficient (Wildman–Crippen LogP) is 2.86. The van der Waals surface area contributed by atoms with Crippen molar-refractivity contribution in [3.8, 4) is 0 Å². The molecule has 1 aliphatic heterocycles. The molecule has 0 atom stereocenters. The van der Waals surface area contributed by atoms with Crippen molar-refractivity contribution in [1.29, 1.82) is 0 Å². The standard InChI is InChI=1S/C22H29N3O3S/c1-24(2)20-10-8-19(9-11-20)17-23-22(26)16-18-12-14-25(15-13-18)29(27,28)21-6-4-3-5-7-21/h3-11,18H,12-17H2,1-2H3,(H,23,26). The van der Waals surface area contributed by atoms with Crippen LogP contribution in [0.5, 0.6) is 0 Å². The fourth-order valence-corrected chi connectivity index (χ4v) is 5.03. The van der Waals surface area contributed by atoms with E-state index in [0.29, 0.717) is 43.8 Å². The Morgan fingerprint density at radius 1 is 1.03 bits per heavy atom. The number of amides is 1. The summed E-state index contributed by atoms with van der Waals surface area (Å²) in [4.78, 5) is 14.7. The van der Waals surface area contributed by atoms with E-state index < -0.39 is 10.0 Å². The number of hydrogen-bond donors (Lipinski definition) is 1. The zero-order chi connectivity index (χ0) is 20.9. The number of rotatable bonds is 7. The molecule has 0 radical (unpaired) electrons. The van der Waals surface area contributed by atoms with Gasteiger partial charge in [0.15, 0.2) is 0 Å². The third-order valence-corrected chi connectivity index (χ3v) is 7.28. The van der Waals surface area contributed by atoms with E-state index >= 15 is 0 Å². The van der Waals surface area contributed by atoms with Crippen molar-refractivity contribution in [3.05, 3.63) is 60.2 Å². The second-order valence-corrected chi connectivity index (χ2v) is 9.64. The Balaban J connectivity index is 1.45. The lowest BCUT2D eigenvalue weighted by Crippen LogP contribution is -2.39. The first-order chi connectivity index (χ1) is 13.9. The second kappa shape index (κ2) is 9.41. The lowest BCUT2D eigenvalue weighted by Gasteiger charge is -2.31. The van der Waals surface area contributed by atoms with Gasteiger partial charge in [0.2, 0.25) is 15.9 Å². The molecular formula is C22H29N3O3S. The smallest absolute Gasteiger partial charge is 0.243 e. The normalized spacial score (nSPS) is 15.8. The molecule has 1 N–H and O–H groups in total. The molecule has 2 aromatic rings. The maximum absolute atomic E-state index is 12.7. The summed E-state index contributed by atoms with van der Waals surface area (Å²) in [7, 11) is 0.546. The average molecular weight is 416 g/mol. The SMILES string of the molecule is CN(C)c1ccc(CNC(=O)CC2CCN(S(=O)(=O)c3ccccc3)CC2)cc1. The maximum atomic E-state index is 12.7. The zero-order valence-corrected chi connectivity index (χ0v) is 17.9. The molecular weight excluding hydrogens is 386 g/mol. The van der Waals surface area contributed by atoms with Crippen molar-refractivity contribution in [3.63, 3.8) is 0 Å². The van der Waals surface area contributed by atoms with Crippen molar-refractivity contribution in [2.24, 2.45) is 5.92 Å². The molecule has 156 valence electrons. The van der Waals surface area contributed by atoms with Gasteiger partial charge in [-0.25, -0.2) is 8.42 Å². The van der Waals surface area contributed by atoms with Crippen molar-refractivity contribution in [2.45, 2.75) is 30.7 Å². The van der Waals surface area contributed by atoms with E-state index in [2.05, 4.69) is 5.32 Å². The first-order valence-electron chi connectivity index (χ1n) is 9.94. The molecule has 1 amide bonds. The number of carbonyl (C=O) groups excluding carboxylic acids is 1. The molecule has 1 fully saturated rings. The van der Waals surface area contributed by atoms with Crippen molar-refractivity contribution < 1.29 is 13.2 Å². The number of carbonyl (C=O) groups is 1. The summed E-state index contributed by atoms with van der Waals surface area (Å²) in [6.07, 6.45) is 1.85. The lowest BCUT2D eigenvalue weighted by atomic mass is 9.94. The number of anilines is 1. The van der Waals surface area contributed by atoms with Crippen LogP contribution in [0, 0.1) is 5.92 Å². The van der Waals surface area contributed by atoms with Gasteiger partial charge in [-0.15, -0.1) is 0 Å². The number of nitrogens with zero attached hydrogens (tertiary/aromatic N) is 2. The van der Waals surface area contributed by atoms with Crippen LogP contribution in [0.4, 0.5) is 5.69 Å².